The maximum absolute atomic E-state index is 13.0. The Labute approximate surface area is 172 Å². The van der Waals surface area contributed by atoms with Crippen molar-refractivity contribution in [3.63, 3.8) is 0 Å². The summed E-state index contributed by atoms with van der Waals surface area (Å²) in [5.41, 5.74) is -0.483. The predicted octanol–water partition coefficient (Wildman–Crippen LogP) is 4.12. The van der Waals surface area contributed by atoms with Crippen LogP contribution in [0.4, 0.5) is 17.6 Å². The van der Waals surface area contributed by atoms with Crippen molar-refractivity contribution < 1.29 is 30.8 Å². The molecule has 0 aliphatic heterocycles. The minimum atomic E-state index is -4.47. The van der Waals surface area contributed by atoms with Crippen molar-refractivity contribution >= 4 is 15.9 Å². The van der Waals surface area contributed by atoms with Gasteiger partial charge in [-0.3, -0.25) is 4.79 Å². The van der Waals surface area contributed by atoms with Gasteiger partial charge < -0.3 is 5.32 Å². The Hall–Kier alpha value is -2.46. The van der Waals surface area contributed by atoms with Gasteiger partial charge in [0.05, 0.1) is 16.5 Å². The van der Waals surface area contributed by atoms with E-state index in [0.717, 1.165) is 40.7 Å². The van der Waals surface area contributed by atoms with Crippen LogP contribution in [-0.4, -0.2) is 32.2 Å². The quantitative estimate of drug-likeness (QED) is 0.621. The number of carbonyl (C=O) groups excluding carboxylic acids is 1. The van der Waals surface area contributed by atoms with E-state index in [9.17, 15) is 30.8 Å². The van der Waals surface area contributed by atoms with E-state index >= 15 is 0 Å². The van der Waals surface area contributed by atoms with E-state index in [-0.39, 0.29) is 24.3 Å². The van der Waals surface area contributed by atoms with Crippen molar-refractivity contribution in [3.8, 4) is 0 Å². The molecule has 1 amide bonds. The molecule has 0 radical (unpaired) electrons. The van der Waals surface area contributed by atoms with Crippen LogP contribution >= 0.6 is 0 Å². The summed E-state index contributed by atoms with van der Waals surface area (Å²) < 4.78 is 77.3. The number of sulfonamides is 1. The summed E-state index contributed by atoms with van der Waals surface area (Å²) in [6.45, 7) is 1.61. The number of carbonyl (C=O) groups is 1. The number of rotatable bonds is 8. The number of nitrogens with zero attached hydrogens (tertiary/aromatic N) is 1. The van der Waals surface area contributed by atoms with Crippen LogP contribution in [0.25, 0.3) is 0 Å². The van der Waals surface area contributed by atoms with Crippen LogP contribution in [0.5, 0.6) is 0 Å². The van der Waals surface area contributed by atoms with Gasteiger partial charge >= 0.3 is 6.18 Å². The van der Waals surface area contributed by atoms with E-state index in [0.29, 0.717) is 5.56 Å². The molecule has 0 aromatic heterocycles. The van der Waals surface area contributed by atoms with Crippen molar-refractivity contribution in [2.24, 2.45) is 0 Å². The molecule has 5 nitrogen and oxygen atoms in total. The lowest BCUT2D eigenvalue weighted by molar-refractivity contribution is -0.137. The van der Waals surface area contributed by atoms with E-state index < -0.39 is 39.5 Å². The van der Waals surface area contributed by atoms with Crippen molar-refractivity contribution in [2.75, 3.05) is 13.6 Å². The van der Waals surface area contributed by atoms with E-state index in [1.165, 1.54) is 19.2 Å². The van der Waals surface area contributed by atoms with Crippen LogP contribution < -0.4 is 5.32 Å². The maximum Gasteiger partial charge on any atom is 0.416 e. The minimum absolute atomic E-state index is 0.00736. The average molecular weight is 446 g/mol. The molecule has 0 bridgehead atoms. The first kappa shape index (κ1) is 23.8. The molecule has 1 atom stereocenters. The largest absolute Gasteiger partial charge is 0.416 e. The molecule has 1 N–H and O–H groups in total. The van der Waals surface area contributed by atoms with Crippen LogP contribution in [0.3, 0.4) is 0 Å². The Bertz CT molecular complexity index is 976. The summed E-state index contributed by atoms with van der Waals surface area (Å²) in [5.74, 6) is -0.962. The van der Waals surface area contributed by atoms with Gasteiger partial charge in [-0.1, -0.05) is 12.1 Å². The van der Waals surface area contributed by atoms with Gasteiger partial charge in [0.1, 0.15) is 5.82 Å². The third-order valence-corrected chi connectivity index (χ3v) is 6.36. The minimum Gasteiger partial charge on any atom is -0.350 e. The normalized spacial score (nSPS) is 13.3. The molecule has 30 heavy (non-hydrogen) atoms. The molecule has 10 heteroatoms. The number of halogens is 4. The summed E-state index contributed by atoms with van der Waals surface area (Å²) >= 11 is 0. The van der Waals surface area contributed by atoms with Gasteiger partial charge in [-0.05, 0) is 55.3 Å². The SMILES string of the molecule is CC(NC(=O)CCCN(C)S(=O)(=O)c1ccc(F)cc1)c1cccc(C(F)(F)F)c1. The van der Waals surface area contributed by atoms with Crippen LogP contribution in [0, 0.1) is 5.82 Å². The third kappa shape index (κ3) is 6.27. The molecule has 0 aliphatic rings. The van der Waals surface area contributed by atoms with Crippen molar-refractivity contribution in [1.82, 2.24) is 9.62 Å². The number of nitrogens with one attached hydrogen (secondary N) is 1. The molecule has 2 aromatic rings. The topological polar surface area (TPSA) is 66.5 Å². The van der Waals surface area contributed by atoms with Gasteiger partial charge in [0.2, 0.25) is 15.9 Å². The molecule has 2 aromatic carbocycles. The second-order valence-corrected chi connectivity index (χ2v) is 8.84. The van der Waals surface area contributed by atoms with Gasteiger partial charge in [-0.25, -0.2) is 17.1 Å². The monoisotopic (exact) mass is 446 g/mol. The fraction of sp³-hybridized carbons (Fsp3) is 0.350. The molecule has 0 fully saturated rings. The first-order valence-electron chi connectivity index (χ1n) is 9.09. The molecule has 1 unspecified atom stereocenters. The number of benzene rings is 2. The Kier molecular flexibility index (Phi) is 7.59. The van der Waals surface area contributed by atoms with Crippen molar-refractivity contribution in [3.05, 3.63) is 65.5 Å². The Morgan fingerprint density at radius 3 is 2.37 bits per heavy atom. The lowest BCUT2D eigenvalue weighted by Crippen LogP contribution is -2.30. The van der Waals surface area contributed by atoms with Gasteiger partial charge in [0.25, 0.3) is 0 Å². The Morgan fingerprint density at radius 2 is 1.77 bits per heavy atom. The lowest BCUT2D eigenvalue weighted by Gasteiger charge is -2.18. The molecule has 0 heterocycles. The van der Waals surface area contributed by atoms with E-state index in [2.05, 4.69) is 5.32 Å². The number of hydrogen-bond acceptors (Lipinski definition) is 3. The molecule has 0 saturated carbocycles. The highest BCUT2D eigenvalue weighted by molar-refractivity contribution is 7.89. The number of hydrogen-bond donors (Lipinski definition) is 1. The molecule has 0 spiro atoms. The summed E-state index contributed by atoms with van der Waals surface area (Å²) in [4.78, 5) is 12.0. The lowest BCUT2D eigenvalue weighted by atomic mass is 10.0. The fourth-order valence-electron chi connectivity index (χ4n) is 2.75. The highest BCUT2D eigenvalue weighted by Crippen LogP contribution is 2.30. The number of alkyl halides is 3. The smallest absolute Gasteiger partial charge is 0.350 e. The van der Waals surface area contributed by atoms with E-state index in [1.807, 2.05) is 0 Å². The van der Waals surface area contributed by atoms with Crippen LogP contribution in [0.15, 0.2) is 53.4 Å². The molecule has 0 saturated heterocycles. The van der Waals surface area contributed by atoms with E-state index in [4.69, 9.17) is 0 Å². The molecule has 2 rings (SSSR count). The number of amides is 1. The van der Waals surface area contributed by atoms with Gasteiger partial charge in [-0.2, -0.15) is 13.2 Å². The van der Waals surface area contributed by atoms with Gasteiger partial charge in [0, 0.05) is 20.0 Å². The Balaban J connectivity index is 1.88. The van der Waals surface area contributed by atoms with Crippen LogP contribution in [-0.2, 0) is 21.0 Å². The predicted molar refractivity (Wildman–Crippen MR) is 103 cm³/mol. The highest BCUT2D eigenvalue weighted by atomic mass is 32.2. The zero-order chi connectivity index (χ0) is 22.5. The van der Waals surface area contributed by atoms with Crippen LogP contribution in [0.1, 0.15) is 36.9 Å². The average Bonchev–Trinajstić information content (AvgIpc) is 2.67. The summed E-state index contributed by atoms with van der Waals surface area (Å²) in [6.07, 6.45) is -4.27. The highest BCUT2D eigenvalue weighted by Gasteiger charge is 2.30. The van der Waals surface area contributed by atoms with Crippen LogP contribution in [0.2, 0.25) is 0 Å². The van der Waals surface area contributed by atoms with Crippen molar-refractivity contribution in [1.29, 1.82) is 0 Å². The summed E-state index contributed by atoms with van der Waals surface area (Å²) in [7, 11) is -2.46. The first-order chi connectivity index (χ1) is 13.9. The van der Waals surface area contributed by atoms with Crippen molar-refractivity contribution in [2.45, 2.75) is 36.9 Å². The molecule has 164 valence electrons. The Morgan fingerprint density at radius 1 is 1.13 bits per heavy atom. The zero-order valence-corrected chi connectivity index (χ0v) is 17.2. The third-order valence-electron chi connectivity index (χ3n) is 4.49. The standard InChI is InChI=1S/C20H22F4N2O3S/c1-14(15-5-3-6-16(13-15)20(22,23)24)25-19(27)7-4-12-26(2)30(28,29)18-10-8-17(21)9-11-18/h3,5-6,8-11,13-14H,4,7,12H2,1-2H3,(H,25,27). The van der Waals surface area contributed by atoms with Gasteiger partial charge in [-0.15, -0.1) is 0 Å². The first-order valence-corrected chi connectivity index (χ1v) is 10.5. The second kappa shape index (κ2) is 9.57. The fourth-order valence-corrected chi connectivity index (χ4v) is 3.96. The summed E-state index contributed by atoms with van der Waals surface area (Å²) in [5, 5.41) is 2.61. The second-order valence-electron chi connectivity index (χ2n) is 6.80. The maximum atomic E-state index is 13.0. The van der Waals surface area contributed by atoms with Gasteiger partial charge in [0.15, 0.2) is 0 Å². The zero-order valence-electron chi connectivity index (χ0n) is 16.4. The molecular weight excluding hydrogens is 424 g/mol. The van der Waals surface area contributed by atoms with E-state index in [1.54, 1.807) is 6.92 Å². The molecular formula is C20H22F4N2O3S. The summed E-state index contributed by atoms with van der Waals surface area (Å²) in [6, 6.07) is 8.46. The molecule has 0 aliphatic carbocycles.